The molecule has 2 heterocycles. The minimum Gasteiger partial charge on any atom is -0.368 e. The predicted molar refractivity (Wildman–Crippen MR) is 44.0 cm³/mol. The summed E-state index contributed by atoms with van der Waals surface area (Å²) in [6, 6.07) is 0. The highest BCUT2D eigenvalue weighted by molar-refractivity contribution is 5.49. The Balaban J connectivity index is 2.53. The SMILES string of the molecule is Nc1nc(N)nc(-c2cn[nH]n2)n1. The summed E-state index contributed by atoms with van der Waals surface area (Å²) < 4.78 is 0. The molecule has 0 aliphatic rings. The number of nitrogens with one attached hydrogen (secondary N) is 1. The molecule has 8 heteroatoms. The molecule has 0 saturated heterocycles. The molecule has 0 atom stereocenters. The van der Waals surface area contributed by atoms with E-state index in [1.807, 2.05) is 0 Å². The molecule has 0 fully saturated rings. The fourth-order valence-corrected chi connectivity index (χ4v) is 0.833. The molecule has 2 aromatic rings. The number of aromatic nitrogens is 6. The Kier molecular flexibility index (Phi) is 1.51. The minimum atomic E-state index is 0.0606. The van der Waals surface area contributed by atoms with Crippen LogP contribution in [0.4, 0.5) is 11.9 Å². The number of hydrogen-bond donors (Lipinski definition) is 3. The lowest BCUT2D eigenvalue weighted by Gasteiger charge is -1.96. The van der Waals surface area contributed by atoms with Gasteiger partial charge >= 0.3 is 0 Å². The Hall–Kier alpha value is -2.25. The van der Waals surface area contributed by atoms with Crippen LogP contribution in [0.25, 0.3) is 11.5 Å². The molecule has 13 heavy (non-hydrogen) atoms. The highest BCUT2D eigenvalue weighted by atomic mass is 15.3. The Morgan fingerprint density at radius 2 is 1.77 bits per heavy atom. The van der Waals surface area contributed by atoms with Gasteiger partial charge in [0.15, 0.2) is 5.82 Å². The van der Waals surface area contributed by atoms with E-state index in [0.717, 1.165) is 0 Å². The molecule has 0 bridgehead atoms. The number of nitrogens with two attached hydrogens (primary N) is 2. The first-order valence-electron chi connectivity index (χ1n) is 3.39. The van der Waals surface area contributed by atoms with Crippen molar-refractivity contribution in [2.24, 2.45) is 0 Å². The van der Waals surface area contributed by atoms with Crippen molar-refractivity contribution in [3.05, 3.63) is 6.20 Å². The lowest BCUT2D eigenvalue weighted by atomic mass is 10.4. The monoisotopic (exact) mass is 178 g/mol. The van der Waals surface area contributed by atoms with Gasteiger partial charge in [0.1, 0.15) is 5.69 Å². The van der Waals surface area contributed by atoms with Gasteiger partial charge in [0, 0.05) is 0 Å². The van der Waals surface area contributed by atoms with Crippen molar-refractivity contribution in [2.75, 3.05) is 11.5 Å². The van der Waals surface area contributed by atoms with Crippen LogP contribution in [0.15, 0.2) is 6.20 Å². The zero-order valence-corrected chi connectivity index (χ0v) is 6.47. The average Bonchev–Trinajstić information content (AvgIpc) is 2.53. The second kappa shape index (κ2) is 2.66. The molecule has 0 saturated carbocycles. The number of nitrogens with zero attached hydrogens (tertiary/aromatic N) is 5. The second-order valence-electron chi connectivity index (χ2n) is 2.23. The van der Waals surface area contributed by atoms with Gasteiger partial charge in [-0.05, 0) is 0 Å². The van der Waals surface area contributed by atoms with E-state index >= 15 is 0 Å². The van der Waals surface area contributed by atoms with Crippen molar-refractivity contribution in [3.63, 3.8) is 0 Å². The van der Waals surface area contributed by atoms with Crippen LogP contribution in [0.1, 0.15) is 0 Å². The topological polar surface area (TPSA) is 132 Å². The van der Waals surface area contributed by atoms with Gasteiger partial charge in [0.2, 0.25) is 11.9 Å². The van der Waals surface area contributed by atoms with E-state index in [0.29, 0.717) is 11.5 Å². The van der Waals surface area contributed by atoms with Crippen LogP contribution < -0.4 is 11.5 Å². The first-order chi connectivity index (χ1) is 6.25. The molecule has 0 radical (unpaired) electrons. The van der Waals surface area contributed by atoms with Crippen LogP contribution in [0.2, 0.25) is 0 Å². The van der Waals surface area contributed by atoms with Crippen LogP contribution in [-0.4, -0.2) is 30.4 Å². The number of hydrogen-bond acceptors (Lipinski definition) is 7. The zero-order chi connectivity index (χ0) is 9.26. The quantitative estimate of drug-likeness (QED) is 0.500. The Bertz CT molecular complexity index is 386. The summed E-state index contributed by atoms with van der Waals surface area (Å²) in [5, 5.41) is 9.79. The number of H-pyrrole nitrogens is 1. The first-order valence-corrected chi connectivity index (χ1v) is 3.39. The van der Waals surface area contributed by atoms with Crippen molar-refractivity contribution in [1.82, 2.24) is 30.4 Å². The van der Waals surface area contributed by atoms with Crippen molar-refractivity contribution < 1.29 is 0 Å². The molecule has 0 aromatic carbocycles. The minimum absolute atomic E-state index is 0.0606. The van der Waals surface area contributed by atoms with E-state index in [-0.39, 0.29) is 11.9 Å². The molecule has 66 valence electrons. The fourth-order valence-electron chi connectivity index (χ4n) is 0.833. The molecular weight excluding hydrogens is 172 g/mol. The van der Waals surface area contributed by atoms with Crippen molar-refractivity contribution in [1.29, 1.82) is 0 Å². The number of anilines is 2. The van der Waals surface area contributed by atoms with Crippen LogP contribution in [-0.2, 0) is 0 Å². The van der Waals surface area contributed by atoms with E-state index in [2.05, 4.69) is 30.4 Å². The summed E-state index contributed by atoms with van der Waals surface area (Å²) in [6.45, 7) is 0. The first kappa shape index (κ1) is 7.40. The third-order valence-corrected chi connectivity index (χ3v) is 1.31. The average molecular weight is 178 g/mol. The van der Waals surface area contributed by atoms with Gasteiger partial charge in [0.25, 0.3) is 0 Å². The van der Waals surface area contributed by atoms with E-state index < -0.39 is 0 Å². The van der Waals surface area contributed by atoms with Gasteiger partial charge in [-0.2, -0.15) is 30.4 Å². The summed E-state index contributed by atoms with van der Waals surface area (Å²) in [5.41, 5.74) is 11.2. The highest BCUT2D eigenvalue weighted by Crippen LogP contribution is 2.10. The van der Waals surface area contributed by atoms with Crippen molar-refractivity contribution in [2.45, 2.75) is 0 Å². The molecule has 8 nitrogen and oxygen atoms in total. The zero-order valence-electron chi connectivity index (χ0n) is 6.47. The third-order valence-electron chi connectivity index (χ3n) is 1.31. The Morgan fingerprint density at radius 3 is 2.31 bits per heavy atom. The maximum Gasteiger partial charge on any atom is 0.225 e. The van der Waals surface area contributed by atoms with E-state index in [1.165, 1.54) is 6.20 Å². The molecule has 0 unspecified atom stereocenters. The lowest BCUT2D eigenvalue weighted by molar-refractivity contribution is 0.937. The van der Waals surface area contributed by atoms with Crippen molar-refractivity contribution >= 4 is 11.9 Å². The van der Waals surface area contributed by atoms with Gasteiger partial charge in [-0.25, -0.2) is 0 Å². The van der Waals surface area contributed by atoms with Gasteiger partial charge in [0.05, 0.1) is 6.20 Å². The number of rotatable bonds is 1. The van der Waals surface area contributed by atoms with Crippen LogP contribution >= 0.6 is 0 Å². The highest BCUT2D eigenvalue weighted by Gasteiger charge is 2.06. The Labute approximate surface area is 72.4 Å². The Morgan fingerprint density at radius 1 is 1.08 bits per heavy atom. The summed E-state index contributed by atoms with van der Waals surface area (Å²) in [4.78, 5) is 11.3. The number of aromatic amines is 1. The maximum atomic E-state index is 5.36. The number of nitrogen functional groups attached to an aromatic ring is 2. The van der Waals surface area contributed by atoms with Gasteiger partial charge in [-0.15, -0.1) is 0 Å². The smallest absolute Gasteiger partial charge is 0.225 e. The molecule has 5 N–H and O–H groups in total. The van der Waals surface area contributed by atoms with E-state index in [9.17, 15) is 0 Å². The van der Waals surface area contributed by atoms with Crippen molar-refractivity contribution in [3.8, 4) is 11.5 Å². The van der Waals surface area contributed by atoms with Gasteiger partial charge < -0.3 is 11.5 Å². The second-order valence-corrected chi connectivity index (χ2v) is 2.23. The maximum absolute atomic E-state index is 5.36. The normalized spacial score (nSPS) is 10.2. The molecule has 0 aliphatic heterocycles. The summed E-state index contributed by atoms with van der Waals surface area (Å²) in [7, 11) is 0. The molecule has 0 amide bonds. The third kappa shape index (κ3) is 1.36. The fraction of sp³-hybridized carbons (Fsp3) is 0. The predicted octanol–water partition coefficient (Wildman–Crippen LogP) is -1.18. The largest absolute Gasteiger partial charge is 0.368 e. The van der Waals surface area contributed by atoms with Gasteiger partial charge in [-0.1, -0.05) is 0 Å². The molecule has 0 aliphatic carbocycles. The molecular formula is C5H6N8. The summed E-state index contributed by atoms with van der Waals surface area (Å²) >= 11 is 0. The van der Waals surface area contributed by atoms with E-state index in [1.54, 1.807) is 0 Å². The van der Waals surface area contributed by atoms with Crippen LogP contribution in [0, 0.1) is 0 Å². The standard InChI is InChI=1S/C5H6N8/c6-4-9-3(10-5(7)11-4)2-1-8-13-12-2/h1H,(H,8,12,13)(H4,6,7,9,10,11). The summed E-state index contributed by atoms with van der Waals surface area (Å²) in [6.07, 6.45) is 1.47. The van der Waals surface area contributed by atoms with Gasteiger partial charge in [-0.3, -0.25) is 0 Å². The summed E-state index contributed by atoms with van der Waals surface area (Å²) in [5.74, 6) is 0.426. The van der Waals surface area contributed by atoms with E-state index in [4.69, 9.17) is 11.5 Å². The van der Waals surface area contributed by atoms with Crippen LogP contribution in [0.3, 0.4) is 0 Å². The lowest BCUT2D eigenvalue weighted by Crippen LogP contribution is -2.04. The molecule has 2 rings (SSSR count). The molecule has 0 spiro atoms. The molecule has 2 aromatic heterocycles. The van der Waals surface area contributed by atoms with Crippen LogP contribution in [0.5, 0.6) is 0 Å².